The maximum atomic E-state index is 12.3. The van der Waals surface area contributed by atoms with E-state index in [-0.39, 0.29) is 11.3 Å². The Morgan fingerprint density at radius 1 is 1.55 bits per heavy atom. The van der Waals surface area contributed by atoms with E-state index in [2.05, 4.69) is 15.6 Å². The molecule has 3 rings (SSSR count). The second-order valence-electron chi connectivity index (χ2n) is 5.29. The van der Waals surface area contributed by atoms with E-state index in [1.165, 1.54) is 11.3 Å². The predicted octanol–water partition coefficient (Wildman–Crippen LogP) is 2.24. The van der Waals surface area contributed by atoms with Crippen LogP contribution < -0.4 is 15.4 Å². The molecular formula is C14H17N3O2S. The molecule has 2 heterocycles. The van der Waals surface area contributed by atoms with Crippen molar-refractivity contribution >= 4 is 32.6 Å². The van der Waals surface area contributed by atoms with E-state index >= 15 is 0 Å². The summed E-state index contributed by atoms with van der Waals surface area (Å²) in [5.41, 5.74) is 0.538. The van der Waals surface area contributed by atoms with Crippen LogP contribution in [0.15, 0.2) is 18.2 Å². The molecule has 0 spiro atoms. The molecule has 0 bridgehead atoms. The van der Waals surface area contributed by atoms with Gasteiger partial charge in [-0.1, -0.05) is 11.3 Å². The number of nitrogens with zero attached hydrogens (tertiary/aromatic N) is 1. The summed E-state index contributed by atoms with van der Waals surface area (Å²) in [5, 5.41) is 6.81. The second-order valence-corrected chi connectivity index (χ2v) is 6.32. The first-order valence-corrected chi connectivity index (χ1v) is 7.39. The lowest BCUT2D eigenvalue weighted by Gasteiger charge is -2.20. The van der Waals surface area contributed by atoms with Crippen molar-refractivity contribution in [2.75, 3.05) is 25.5 Å². The Labute approximate surface area is 121 Å². The van der Waals surface area contributed by atoms with Crippen LogP contribution in [0.25, 0.3) is 10.2 Å². The number of fused-ring (bicyclic) bond motifs is 1. The zero-order chi connectivity index (χ0) is 14.2. The Morgan fingerprint density at radius 3 is 3.10 bits per heavy atom. The minimum Gasteiger partial charge on any atom is -0.497 e. The zero-order valence-corrected chi connectivity index (χ0v) is 12.3. The van der Waals surface area contributed by atoms with Crippen molar-refractivity contribution in [2.24, 2.45) is 5.41 Å². The molecule has 0 radical (unpaired) electrons. The number of carbonyl (C=O) groups is 1. The number of aromatic nitrogens is 1. The normalized spacial score (nSPS) is 22.1. The van der Waals surface area contributed by atoms with Gasteiger partial charge in [-0.25, -0.2) is 4.98 Å². The molecule has 2 N–H and O–H groups in total. The van der Waals surface area contributed by atoms with E-state index in [1.807, 2.05) is 25.1 Å². The molecule has 1 atom stereocenters. The number of anilines is 1. The predicted molar refractivity (Wildman–Crippen MR) is 80.4 cm³/mol. The third kappa shape index (κ3) is 2.36. The topological polar surface area (TPSA) is 63.2 Å². The fourth-order valence-corrected chi connectivity index (χ4v) is 3.23. The van der Waals surface area contributed by atoms with Crippen LogP contribution in [0.3, 0.4) is 0 Å². The molecule has 1 aliphatic rings. The fraction of sp³-hybridized carbons (Fsp3) is 0.429. The Morgan fingerprint density at radius 2 is 2.40 bits per heavy atom. The summed E-state index contributed by atoms with van der Waals surface area (Å²) in [6, 6.07) is 5.70. The maximum Gasteiger partial charge on any atom is 0.233 e. The lowest BCUT2D eigenvalue weighted by molar-refractivity contribution is -0.123. The largest absolute Gasteiger partial charge is 0.497 e. The first-order valence-electron chi connectivity index (χ1n) is 6.57. The number of ether oxygens (including phenoxy) is 1. The minimum absolute atomic E-state index is 0.0357. The summed E-state index contributed by atoms with van der Waals surface area (Å²) >= 11 is 1.47. The number of rotatable bonds is 3. The van der Waals surface area contributed by atoms with Crippen molar-refractivity contribution in [2.45, 2.75) is 13.3 Å². The first kappa shape index (κ1) is 13.3. The summed E-state index contributed by atoms with van der Waals surface area (Å²) < 4.78 is 6.20. The van der Waals surface area contributed by atoms with Crippen molar-refractivity contribution in [1.29, 1.82) is 0 Å². The van der Waals surface area contributed by atoms with E-state index in [0.717, 1.165) is 35.5 Å². The zero-order valence-electron chi connectivity index (χ0n) is 11.5. The lowest BCUT2D eigenvalue weighted by Crippen LogP contribution is -2.35. The molecule has 6 heteroatoms. The highest BCUT2D eigenvalue weighted by Crippen LogP contribution is 2.31. The van der Waals surface area contributed by atoms with Gasteiger partial charge in [0.15, 0.2) is 5.13 Å². The molecule has 2 aromatic rings. The van der Waals surface area contributed by atoms with Crippen LogP contribution in [-0.4, -0.2) is 31.1 Å². The number of thiazole rings is 1. The average Bonchev–Trinajstić information content (AvgIpc) is 3.04. The van der Waals surface area contributed by atoms with Crippen LogP contribution in [0, 0.1) is 5.41 Å². The molecule has 1 saturated heterocycles. The lowest BCUT2D eigenvalue weighted by atomic mass is 9.89. The Hall–Kier alpha value is -1.66. The van der Waals surface area contributed by atoms with Gasteiger partial charge in [0.25, 0.3) is 0 Å². The highest BCUT2D eigenvalue weighted by Gasteiger charge is 2.36. The van der Waals surface area contributed by atoms with E-state index in [1.54, 1.807) is 7.11 Å². The molecule has 106 valence electrons. The third-order valence-electron chi connectivity index (χ3n) is 3.73. The molecule has 0 saturated carbocycles. The van der Waals surface area contributed by atoms with Gasteiger partial charge in [-0.15, -0.1) is 0 Å². The van der Waals surface area contributed by atoms with Gasteiger partial charge in [0.2, 0.25) is 5.91 Å². The molecule has 1 aromatic heterocycles. The molecule has 5 nitrogen and oxygen atoms in total. The van der Waals surface area contributed by atoms with E-state index in [4.69, 9.17) is 4.74 Å². The van der Waals surface area contributed by atoms with Gasteiger partial charge in [-0.2, -0.15) is 0 Å². The van der Waals surface area contributed by atoms with Crippen LogP contribution in [0.1, 0.15) is 13.3 Å². The van der Waals surface area contributed by atoms with Crippen molar-refractivity contribution < 1.29 is 9.53 Å². The highest BCUT2D eigenvalue weighted by atomic mass is 32.1. The molecule has 1 amide bonds. The maximum absolute atomic E-state index is 12.3. The highest BCUT2D eigenvalue weighted by molar-refractivity contribution is 7.22. The van der Waals surface area contributed by atoms with Gasteiger partial charge in [-0.05, 0) is 38.1 Å². The number of hydrogen-bond acceptors (Lipinski definition) is 5. The summed E-state index contributed by atoms with van der Waals surface area (Å²) in [6.45, 7) is 3.59. The van der Waals surface area contributed by atoms with E-state index in [9.17, 15) is 4.79 Å². The monoisotopic (exact) mass is 291 g/mol. The molecule has 1 aliphatic heterocycles. The SMILES string of the molecule is COc1ccc2nc(NC(=O)C3(C)CCNC3)sc2c1. The smallest absolute Gasteiger partial charge is 0.233 e. The van der Waals surface area contributed by atoms with Gasteiger partial charge < -0.3 is 15.4 Å². The van der Waals surface area contributed by atoms with Crippen LogP contribution in [-0.2, 0) is 4.79 Å². The first-order chi connectivity index (χ1) is 9.60. The fourth-order valence-electron chi connectivity index (χ4n) is 2.34. The Bertz CT molecular complexity index is 647. The molecule has 1 fully saturated rings. The average molecular weight is 291 g/mol. The second kappa shape index (κ2) is 5.03. The van der Waals surface area contributed by atoms with Crippen molar-refractivity contribution in [3.05, 3.63) is 18.2 Å². The Kier molecular flexibility index (Phi) is 3.35. The molecule has 0 aliphatic carbocycles. The van der Waals surface area contributed by atoms with Gasteiger partial charge in [0, 0.05) is 6.54 Å². The molecular weight excluding hydrogens is 274 g/mol. The van der Waals surface area contributed by atoms with Crippen LogP contribution in [0.4, 0.5) is 5.13 Å². The molecule has 1 unspecified atom stereocenters. The Balaban J connectivity index is 1.82. The van der Waals surface area contributed by atoms with E-state index in [0.29, 0.717) is 5.13 Å². The minimum atomic E-state index is -0.338. The van der Waals surface area contributed by atoms with Gasteiger partial charge >= 0.3 is 0 Å². The van der Waals surface area contributed by atoms with Gasteiger partial charge in [0.1, 0.15) is 5.75 Å². The van der Waals surface area contributed by atoms with Crippen LogP contribution in [0.5, 0.6) is 5.75 Å². The van der Waals surface area contributed by atoms with Crippen LogP contribution in [0.2, 0.25) is 0 Å². The number of hydrogen-bond donors (Lipinski definition) is 2. The molecule has 1 aromatic carbocycles. The number of nitrogens with one attached hydrogen (secondary N) is 2. The van der Waals surface area contributed by atoms with Gasteiger partial charge in [-0.3, -0.25) is 4.79 Å². The number of benzene rings is 1. The van der Waals surface area contributed by atoms with Crippen molar-refractivity contribution in [3.8, 4) is 5.75 Å². The number of methoxy groups -OCH3 is 1. The quantitative estimate of drug-likeness (QED) is 0.910. The van der Waals surface area contributed by atoms with Crippen molar-refractivity contribution in [3.63, 3.8) is 0 Å². The summed E-state index contributed by atoms with van der Waals surface area (Å²) in [5.74, 6) is 0.833. The third-order valence-corrected chi connectivity index (χ3v) is 4.67. The number of carbonyl (C=O) groups excluding carboxylic acids is 1. The number of amides is 1. The molecule has 20 heavy (non-hydrogen) atoms. The summed E-state index contributed by atoms with van der Waals surface area (Å²) in [4.78, 5) is 16.8. The van der Waals surface area contributed by atoms with Crippen molar-refractivity contribution in [1.82, 2.24) is 10.3 Å². The summed E-state index contributed by atoms with van der Waals surface area (Å²) in [7, 11) is 1.64. The van der Waals surface area contributed by atoms with E-state index < -0.39 is 0 Å². The summed E-state index contributed by atoms with van der Waals surface area (Å²) in [6.07, 6.45) is 0.859. The van der Waals surface area contributed by atoms with Gasteiger partial charge in [0.05, 0.1) is 22.7 Å². The van der Waals surface area contributed by atoms with Crippen LogP contribution >= 0.6 is 11.3 Å². The standard InChI is InChI=1S/C14H17N3O2S/c1-14(5-6-15-8-14)12(18)17-13-16-10-4-3-9(19-2)7-11(10)20-13/h3-4,7,15H,5-6,8H2,1-2H3,(H,16,17,18).